The van der Waals surface area contributed by atoms with E-state index in [1.165, 1.54) is 6.34 Å². The molecule has 7 heteroatoms. The predicted molar refractivity (Wildman–Crippen MR) is 87.4 cm³/mol. The molecule has 1 aromatic carbocycles. The van der Waals surface area contributed by atoms with Crippen molar-refractivity contribution in [3.63, 3.8) is 0 Å². The van der Waals surface area contributed by atoms with E-state index in [0.29, 0.717) is 13.1 Å². The molecule has 136 valence electrons. The van der Waals surface area contributed by atoms with Gasteiger partial charge in [-0.25, -0.2) is 13.6 Å². The summed E-state index contributed by atoms with van der Waals surface area (Å²) in [5.74, 6) is -4.52. The minimum Gasteiger partial charge on any atom is -0.463 e. The van der Waals surface area contributed by atoms with Crippen molar-refractivity contribution in [2.75, 3.05) is 19.7 Å². The standard InChI is InChI=1S/C18H22F2N2O3/c19-17(20)7-6-15(8-17)18(24,14-4-2-1-3-5-14)16(23)25-11-13-9-22(10-13)12-21/h1-5,12-13,15,21,24H,6-11H2. The summed E-state index contributed by atoms with van der Waals surface area (Å²) in [5.41, 5.74) is -1.77. The number of alkyl halides is 2. The van der Waals surface area contributed by atoms with Crippen LogP contribution in [0.2, 0.25) is 0 Å². The molecule has 2 unspecified atom stereocenters. The molecule has 1 heterocycles. The highest BCUT2D eigenvalue weighted by atomic mass is 19.3. The Kier molecular flexibility index (Phi) is 4.77. The van der Waals surface area contributed by atoms with Crippen molar-refractivity contribution in [3.05, 3.63) is 35.9 Å². The Hall–Kier alpha value is -2.02. The number of nitrogens with zero attached hydrogens (tertiary/aromatic N) is 1. The zero-order chi connectivity index (χ0) is 18.1. The van der Waals surface area contributed by atoms with E-state index in [0.717, 1.165) is 0 Å². The minimum atomic E-state index is -2.87. The van der Waals surface area contributed by atoms with Gasteiger partial charge < -0.3 is 14.7 Å². The van der Waals surface area contributed by atoms with Gasteiger partial charge in [-0.05, 0) is 12.0 Å². The second kappa shape index (κ2) is 6.71. The number of benzene rings is 1. The summed E-state index contributed by atoms with van der Waals surface area (Å²) >= 11 is 0. The van der Waals surface area contributed by atoms with Gasteiger partial charge in [-0.15, -0.1) is 0 Å². The third-order valence-electron chi connectivity index (χ3n) is 5.14. The topological polar surface area (TPSA) is 73.6 Å². The second-order valence-electron chi connectivity index (χ2n) is 6.98. The van der Waals surface area contributed by atoms with Gasteiger partial charge in [0, 0.05) is 37.8 Å². The van der Waals surface area contributed by atoms with Crippen LogP contribution in [0.5, 0.6) is 0 Å². The number of ether oxygens (including phenoxy) is 1. The average molecular weight is 352 g/mol. The maximum atomic E-state index is 13.7. The van der Waals surface area contributed by atoms with Crippen LogP contribution in [0.15, 0.2) is 30.3 Å². The Morgan fingerprint density at radius 2 is 2.08 bits per heavy atom. The zero-order valence-corrected chi connectivity index (χ0v) is 13.8. The largest absolute Gasteiger partial charge is 0.463 e. The number of hydrogen-bond donors (Lipinski definition) is 2. The summed E-state index contributed by atoms with van der Waals surface area (Å²) in [7, 11) is 0. The van der Waals surface area contributed by atoms with Crippen LogP contribution in [-0.4, -0.2) is 47.9 Å². The van der Waals surface area contributed by atoms with Gasteiger partial charge in [-0.3, -0.25) is 5.41 Å². The van der Waals surface area contributed by atoms with Crippen LogP contribution >= 0.6 is 0 Å². The van der Waals surface area contributed by atoms with Crippen LogP contribution in [-0.2, 0) is 15.1 Å². The van der Waals surface area contributed by atoms with Gasteiger partial charge in [0.15, 0.2) is 5.60 Å². The highest BCUT2D eigenvalue weighted by molar-refractivity contribution is 5.81. The zero-order valence-electron chi connectivity index (χ0n) is 13.8. The van der Waals surface area contributed by atoms with E-state index in [9.17, 15) is 18.7 Å². The van der Waals surface area contributed by atoms with Gasteiger partial charge in [0.05, 0.1) is 12.9 Å². The molecule has 0 spiro atoms. The van der Waals surface area contributed by atoms with E-state index >= 15 is 0 Å². The van der Waals surface area contributed by atoms with Crippen LogP contribution in [0.1, 0.15) is 24.8 Å². The van der Waals surface area contributed by atoms with Crippen LogP contribution < -0.4 is 0 Å². The lowest BCUT2D eigenvalue weighted by Gasteiger charge is -2.38. The summed E-state index contributed by atoms with van der Waals surface area (Å²) in [6, 6.07) is 8.19. The lowest BCUT2D eigenvalue weighted by molar-refractivity contribution is -0.177. The van der Waals surface area contributed by atoms with Crippen molar-refractivity contribution < 1.29 is 23.4 Å². The van der Waals surface area contributed by atoms with E-state index in [-0.39, 0.29) is 30.9 Å². The fraction of sp³-hybridized carbons (Fsp3) is 0.556. The third kappa shape index (κ3) is 3.51. The first kappa shape index (κ1) is 17.8. The molecule has 0 aromatic heterocycles. The van der Waals surface area contributed by atoms with E-state index in [1.54, 1.807) is 35.2 Å². The van der Waals surface area contributed by atoms with Crippen molar-refractivity contribution in [1.82, 2.24) is 4.90 Å². The maximum absolute atomic E-state index is 13.7. The van der Waals surface area contributed by atoms with Gasteiger partial charge in [-0.1, -0.05) is 30.3 Å². The summed E-state index contributed by atoms with van der Waals surface area (Å²) < 4.78 is 32.7. The molecular formula is C18H22F2N2O3. The average Bonchev–Trinajstić information content (AvgIpc) is 2.94. The first-order valence-electron chi connectivity index (χ1n) is 8.43. The predicted octanol–water partition coefficient (Wildman–Crippen LogP) is 2.39. The Morgan fingerprint density at radius 3 is 2.64 bits per heavy atom. The maximum Gasteiger partial charge on any atom is 0.343 e. The molecule has 3 rings (SSSR count). The molecule has 0 radical (unpaired) electrons. The summed E-state index contributed by atoms with van der Waals surface area (Å²) in [6.45, 7) is 1.34. The summed E-state index contributed by atoms with van der Waals surface area (Å²) in [4.78, 5) is 14.4. The fourth-order valence-corrected chi connectivity index (χ4v) is 3.64. The number of likely N-dealkylation sites (tertiary alicyclic amines) is 1. The van der Waals surface area contributed by atoms with Crippen molar-refractivity contribution >= 4 is 12.3 Å². The molecule has 0 amide bonds. The van der Waals surface area contributed by atoms with Crippen LogP contribution in [0.25, 0.3) is 0 Å². The number of aliphatic hydroxyl groups is 1. The van der Waals surface area contributed by atoms with Crippen molar-refractivity contribution in [3.8, 4) is 0 Å². The molecule has 2 fully saturated rings. The number of esters is 1. The van der Waals surface area contributed by atoms with Gasteiger partial charge in [-0.2, -0.15) is 0 Å². The fourth-order valence-electron chi connectivity index (χ4n) is 3.64. The highest BCUT2D eigenvalue weighted by Gasteiger charge is 2.54. The lowest BCUT2D eigenvalue weighted by Crippen LogP contribution is -2.49. The van der Waals surface area contributed by atoms with E-state index < -0.39 is 29.8 Å². The minimum absolute atomic E-state index is 0.0680. The Labute approximate surface area is 145 Å². The number of carbonyl (C=O) groups excluding carboxylic acids is 1. The Morgan fingerprint density at radius 1 is 1.40 bits per heavy atom. The smallest absolute Gasteiger partial charge is 0.343 e. The monoisotopic (exact) mass is 352 g/mol. The highest BCUT2D eigenvalue weighted by Crippen LogP contribution is 2.47. The first-order valence-corrected chi connectivity index (χ1v) is 8.43. The molecule has 1 saturated heterocycles. The molecule has 1 saturated carbocycles. The molecule has 2 atom stereocenters. The molecule has 2 aliphatic rings. The van der Waals surface area contributed by atoms with Crippen LogP contribution in [0.4, 0.5) is 8.78 Å². The number of carbonyl (C=O) groups is 1. The third-order valence-corrected chi connectivity index (χ3v) is 5.14. The van der Waals surface area contributed by atoms with Crippen LogP contribution in [0, 0.1) is 17.2 Å². The number of rotatable bonds is 6. The molecule has 25 heavy (non-hydrogen) atoms. The summed E-state index contributed by atoms with van der Waals surface area (Å²) in [6.07, 6.45) is 0.424. The molecule has 2 N–H and O–H groups in total. The molecule has 1 aliphatic heterocycles. The van der Waals surface area contributed by atoms with Crippen molar-refractivity contribution in [2.24, 2.45) is 11.8 Å². The normalized spacial score (nSPS) is 25.1. The van der Waals surface area contributed by atoms with Crippen LogP contribution in [0.3, 0.4) is 0 Å². The van der Waals surface area contributed by atoms with Gasteiger partial charge in [0.2, 0.25) is 5.92 Å². The number of nitrogens with one attached hydrogen (secondary N) is 1. The Bertz CT molecular complexity index is 634. The van der Waals surface area contributed by atoms with E-state index in [1.807, 2.05) is 0 Å². The van der Waals surface area contributed by atoms with Gasteiger partial charge in [0.25, 0.3) is 0 Å². The molecule has 1 aliphatic carbocycles. The number of halogens is 2. The van der Waals surface area contributed by atoms with Crippen molar-refractivity contribution in [2.45, 2.75) is 30.8 Å². The summed E-state index contributed by atoms with van der Waals surface area (Å²) in [5, 5.41) is 18.2. The first-order chi connectivity index (χ1) is 11.8. The Balaban J connectivity index is 1.74. The molecule has 1 aromatic rings. The second-order valence-corrected chi connectivity index (χ2v) is 6.98. The van der Waals surface area contributed by atoms with E-state index in [2.05, 4.69) is 0 Å². The SMILES string of the molecule is N=CN1CC(COC(=O)C(O)(c2ccccc2)C2CCC(F)(F)C2)C1. The molecule has 0 bridgehead atoms. The number of hydrogen-bond acceptors (Lipinski definition) is 4. The molecular weight excluding hydrogens is 330 g/mol. The van der Waals surface area contributed by atoms with Gasteiger partial charge in [0.1, 0.15) is 0 Å². The van der Waals surface area contributed by atoms with Gasteiger partial charge >= 0.3 is 5.97 Å². The van der Waals surface area contributed by atoms with E-state index in [4.69, 9.17) is 10.1 Å². The van der Waals surface area contributed by atoms with Crippen molar-refractivity contribution in [1.29, 1.82) is 5.41 Å². The quantitative estimate of drug-likeness (QED) is 0.468. The molecule has 5 nitrogen and oxygen atoms in total. The lowest BCUT2D eigenvalue weighted by atomic mass is 9.80.